The number of anilines is 2. The third-order valence-corrected chi connectivity index (χ3v) is 5.27. The van der Waals surface area contributed by atoms with Crippen molar-refractivity contribution in [1.29, 1.82) is 0 Å². The van der Waals surface area contributed by atoms with Gasteiger partial charge in [0.1, 0.15) is 11.9 Å². The molecule has 0 spiro atoms. The highest BCUT2D eigenvalue weighted by Gasteiger charge is 2.48. The number of ether oxygens (including phenoxy) is 1. The lowest BCUT2D eigenvalue weighted by atomic mass is 10.1. The molecule has 1 saturated heterocycles. The van der Waals surface area contributed by atoms with E-state index in [9.17, 15) is 18.0 Å². The van der Waals surface area contributed by atoms with Gasteiger partial charge in [-0.3, -0.25) is 9.36 Å². The van der Waals surface area contributed by atoms with Crippen molar-refractivity contribution in [1.82, 2.24) is 9.55 Å². The number of fused-ring (bicyclic) bond motifs is 1. The van der Waals surface area contributed by atoms with Crippen LogP contribution in [0.15, 0.2) is 10.9 Å². The van der Waals surface area contributed by atoms with Gasteiger partial charge in [0.25, 0.3) is 5.56 Å². The average Bonchev–Trinajstić information content (AvgIpc) is 2.59. The Morgan fingerprint density at radius 2 is 2.12 bits per heavy atom. The molecule has 9 heteroatoms. The molecule has 1 aromatic rings. The molecule has 3 rings (SSSR count). The Bertz CT molecular complexity index is 706. The lowest BCUT2D eigenvalue weighted by Gasteiger charge is -2.43. The van der Waals surface area contributed by atoms with Crippen molar-refractivity contribution in [2.45, 2.75) is 64.5 Å². The summed E-state index contributed by atoms with van der Waals surface area (Å²) in [5, 5.41) is 0. The lowest BCUT2D eigenvalue weighted by molar-refractivity contribution is -0.154. The number of alkyl halides is 3. The normalized spacial score (nSPS) is 25.2. The third kappa shape index (κ3) is 3.41. The van der Waals surface area contributed by atoms with Gasteiger partial charge in [-0.15, -0.1) is 0 Å². The SMILES string of the molecule is CCC(C)N1c2nc(N3CCOCC3C)cc(=O)n2CCC1C(F)(F)F. The van der Waals surface area contributed by atoms with Crippen LogP contribution in [0, 0.1) is 0 Å². The molecule has 0 radical (unpaired) electrons. The van der Waals surface area contributed by atoms with Crippen LogP contribution in [0.25, 0.3) is 0 Å². The molecule has 3 unspecified atom stereocenters. The first-order valence-corrected chi connectivity index (χ1v) is 9.05. The zero-order chi connectivity index (χ0) is 19.1. The van der Waals surface area contributed by atoms with Crippen LogP contribution in [-0.4, -0.2) is 53.6 Å². The fourth-order valence-corrected chi connectivity index (χ4v) is 3.66. The van der Waals surface area contributed by atoms with Crippen LogP contribution in [-0.2, 0) is 11.3 Å². The van der Waals surface area contributed by atoms with E-state index in [0.29, 0.717) is 32.0 Å². The molecule has 0 N–H and O–H groups in total. The minimum Gasteiger partial charge on any atom is -0.377 e. The Labute approximate surface area is 150 Å². The Morgan fingerprint density at radius 1 is 1.38 bits per heavy atom. The van der Waals surface area contributed by atoms with E-state index in [4.69, 9.17) is 4.74 Å². The number of aromatic nitrogens is 2. The molecule has 0 amide bonds. The zero-order valence-corrected chi connectivity index (χ0v) is 15.3. The minimum atomic E-state index is -4.37. The summed E-state index contributed by atoms with van der Waals surface area (Å²) in [4.78, 5) is 20.3. The molecular formula is C17H25F3N4O2. The second-order valence-electron chi connectivity index (χ2n) is 7.03. The van der Waals surface area contributed by atoms with Crippen molar-refractivity contribution in [2.75, 3.05) is 29.6 Å². The van der Waals surface area contributed by atoms with Crippen molar-refractivity contribution in [3.8, 4) is 0 Å². The van der Waals surface area contributed by atoms with Crippen molar-refractivity contribution in [3.63, 3.8) is 0 Å². The smallest absolute Gasteiger partial charge is 0.377 e. The predicted octanol–water partition coefficient (Wildman–Crippen LogP) is 2.41. The number of hydrogen-bond donors (Lipinski definition) is 0. The number of rotatable bonds is 3. The van der Waals surface area contributed by atoms with Crippen molar-refractivity contribution >= 4 is 11.8 Å². The Morgan fingerprint density at radius 3 is 2.73 bits per heavy atom. The highest BCUT2D eigenvalue weighted by atomic mass is 19.4. The van der Waals surface area contributed by atoms with Gasteiger partial charge in [0.15, 0.2) is 0 Å². The van der Waals surface area contributed by atoms with E-state index < -0.39 is 12.2 Å². The largest absolute Gasteiger partial charge is 0.408 e. The molecule has 2 aliphatic rings. The second kappa shape index (κ2) is 7.09. The Balaban J connectivity index is 2.09. The van der Waals surface area contributed by atoms with Crippen molar-refractivity contribution in [3.05, 3.63) is 16.4 Å². The maximum absolute atomic E-state index is 13.6. The summed E-state index contributed by atoms with van der Waals surface area (Å²) in [6.45, 7) is 7.11. The molecule has 1 aromatic heterocycles. The summed E-state index contributed by atoms with van der Waals surface area (Å²) in [5.41, 5.74) is -0.308. The van der Waals surface area contributed by atoms with Crippen LogP contribution in [0.5, 0.6) is 0 Å². The average molecular weight is 374 g/mol. The quantitative estimate of drug-likeness (QED) is 0.813. The van der Waals surface area contributed by atoms with Gasteiger partial charge in [0.2, 0.25) is 5.95 Å². The first-order chi connectivity index (χ1) is 12.2. The lowest BCUT2D eigenvalue weighted by Crippen LogP contribution is -2.56. The summed E-state index contributed by atoms with van der Waals surface area (Å²) in [6, 6.07) is -0.564. The molecule has 0 aromatic carbocycles. The number of halogens is 3. The second-order valence-corrected chi connectivity index (χ2v) is 7.03. The van der Waals surface area contributed by atoms with Crippen LogP contribution in [0.1, 0.15) is 33.6 Å². The van der Waals surface area contributed by atoms with E-state index in [2.05, 4.69) is 4.98 Å². The molecule has 2 aliphatic heterocycles. The van der Waals surface area contributed by atoms with Gasteiger partial charge in [0.05, 0.1) is 19.3 Å². The molecule has 0 saturated carbocycles. The summed E-state index contributed by atoms with van der Waals surface area (Å²) >= 11 is 0. The van der Waals surface area contributed by atoms with Crippen LogP contribution < -0.4 is 15.4 Å². The van der Waals surface area contributed by atoms with Gasteiger partial charge >= 0.3 is 6.18 Å². The summed E-state index contributed by atoms with van der Waals surface area (Å²) < 4.78 is 47.6. The predicted molar refractivity (Wildman–Crippen MR) is 92.8 cm³/mol. The Hall–Kier alpha value is -1.77. The van der Waals surface area contributed by atoms with Crippen molar-refractivity contribution < 1.29 is 17.9 Å². The van der Waals surface area contributed by atoms with Crippen molar-refractivity contribution in [2.24, 2.45) is 0 Å². The van der Waals surface area contributed by atoms with Crippen LogP contribution in [0.3, 0.4) is 0 Å². The first-order valence-electron chi connectivity index (χ1n) is 9.05. The number of morpholine rings is 1. The van der Waals surface area contributed by atoms with Gasteiger partial charge < -0.3 is 14.5 Å². The van der Waals surface area contributed by atoms with E-state index in [1.807, 2.05) is 18.7 Å². The van der Waals surface area contributed by atoms with Crippen LogP contribution >= 0.6 is 0 Å². The van der Waals surface area contributed by atoms with Gasteiger partial charge in [-0.25, -0.2) is 0 Å². The monoisotopic (exact) mass is 374 g/mol. The zero-order valence-electron chi connectivity index (χ0n) is 15.3. The number of nitrogens with zero attached hydrogens (tertiary/aromatic N) is 4. The van der Waals surface area contributed by atoms with E-state index in [1.54, 1.807) is 6.92 Å². The first kappa shape index (κ1) is 19.0. The standard InChI is InChI=1S/C17H25F3N4O2/c1-4-11(2)24-13(17(18,19)20)5-6-23-15(25)9-14(21-16(23)24)22-7-8-26-10-12(22)3/h9,11-13H,4-8,10H2,1-3H3. The molecule has 146 valence electrons. The maximum Gasteiger partial charge on any atom is 0.408 e. The van der Waals surface area contributed by atoms with E-state index in [1.165, 1.54) is 15.5 Å². The third-order valence-electron chi connectivity index (χ3n) is 5.27. The molecule has 3 heterocycles. The topological polar surface area (TPSA) is 50.6 Å². The van der Waals surface area contributed by atoms with Gasteiger partial charge in [-0.1, -0.05) is 6.92 Å². The maximum atomic E-state index is 13.6. The van der Waals surface area contributed by atoms with E-state index in [-0.39, 0.29) is 36.6 Å². The van der Waals surface area contributed by atoms with Gasteiger partial charge in [-0.05, 0) is 26.7 Å². The molecule has 0 bridgehead atoms. The Kier molecular flexibility index (Phi) is 5.18. The van der Waals surface area contributed by atoms with Crippen LogP contribution in [0.2, 0.25) is 0 Å². The van der Waals surface area contributed by atoms with Gasteiger partial charge in [0, 0.05) is 25.2 Å². The molecule has 3 atom stereocenters. The van der Waals surface area contributed by atoms with E-state index >= 15 is 0 Å². The summed E-state index contributed by atoms with van der Waals surface area (Å²) in [6.07, 6.45) is -3.98. The van der Waals surface area contributed by atoms with Crippen LogP contribution in [0.4, 0.5) is 24.9 Å². The fraction of sp³-hybridized carbons (Fsp3) is 0.765. The molecular weight excluding hydrogens is 349 g/mol. The molecule has 0 aliphatic carbocycles. The molecule has 6 nitrogen and oxygen atoms in total. The number of hydrogen-bond acceptors (Lipinski definition) is 5. The van der Waals surface area contributed by atoms with E-state index in [0.717, 1.165) is 0 Å². The molecule has 26 heavy (non-hydrogen) atoms. The fourth-order valence-electron chi connectivity index (χ4n) is 3.66. The molecule has 1 fully saturated rings. The summed E-state index contributed by atoms with van der Waals surface area (Å²) in [7, 11) is 0. The summed E-state index contributed by atoms with van der Waals surface area (Å²) in [5.74, 6) is 0.544. The van der Waals surface area contributed by atoms with Gasteiger partial charge in [-0.2, -0.15) is 18.2 Å². The highest BCUT2D eigenvalue weighted by molar-refractivity contribution is 5.48. The minimum absolute atomic E-state index is 0.0118. The highest BCUT2D eigenvalue weighted by Crippen LogP contribution is 2.36.